The maximum Gasteiger partial charge on any atom is 0.129 e. The van der Waals surface area contributed by atoms with Gasteiger partial charge in [0.15, 0.2) is 0 Å². The van der Waals surface area contributed by atoms with E-state index in [0.717, 1.165) is 11.3 Å². The first-order chi connectivity index (χ1) is 7.18. The Morgan fingerprint density at radius 2 is 1.87 bits per heavy atom. The summed E-state index contributed by atoms with van der Waals surface area (Å²) in [6.07, 6.45) is 0. The van der Waals surface area contributed by atoms with Gasteiger partial charge >= 0.3 is 0 Å². The lowest BCUT2D eigenvalue weighted by Gasteiger charge is -2.35. The van der Waals surface area contributed by atoms with Crippen molar-refractivity contribution in [2.45, 2.75) is 5.41 Å². The molecule has 1 saturated heterocycles. The van der Waals surface area contributed by atoms with Crippen LogP contribution >= 0.6 is 0 Å². The summed E-state index contributed by atoms with van der Waals surface area (Å²) < 4.78 is 5.13. The number of ether oxygens (including phenoxy) is 1. The Bertz CT molecular complexity index is 385. The van der Waals surface area contributed by atoms with Crippen LogP contribution in [-0.2, 0) is 10.2 Å². The minimum atomic E-state index is -0.398. The van der Waals surface area contributed by atoms with Crippen LogP contribution in [0.2, 0.25) is 0 Å². The van der Waals surface area contributed by atoms with Gasteiger partial charge in [0.1, 0.15) is 5.41 Å². The number of nitrogens with zero attached hydrogens (tertiary/aromatic N) is 2. The first kappa shape index (κ1) is 10.0. The number of anilines is 1. The molecule has 0 bridgehead atoms. The van der Waals surface area contributed by atoms with E-state index in [2.05, 4.69) is 6.07 Å². The lowest BCUT2D eigenvalue weighted by atomic mass is 9.80. The van der Waals surface area contributed by atoms with Gasteiger partial charge in [0.2, 0.25) is 0 Å². The van der Waals surface area contributed by atoms with E-state index in [1.165, 1.54) is 0 Å². The standard InChI is InChI=1S/C12H14N2O/c1-14(2)11-5-3-10(4-6-11)12(7-13)8-15-9-12/h3-6H,8-9H2,1-2H3. The Morgan fingerprint density at radius 3 is 2.20 bits per heavy atom. The molecule has 1 aromatic rings. The van der Waals surface area contributed by atoms with Crippen LogP contribution in [0.1, 0.15) is 5.56 Å². The summed E-state index contributed by atoms with van der Waals surface area (Å²) in [6.45, 7) is 1.04. The van der Waals surface area contributed by atoms with Crippen molar-refractivity contribution >= 4 is 5.69 Å². The molecule has 0 aromatic heterocycles. The highest BCUT2D eigenvalue weighted by Crippen LogP contribution is 2.32. The summed E-state index contributed by atoms with van der Waals surface area (Å²) in [5.74, 6) is 0. The molecule has 1 fully saturated rings. The smallest absolute Gasteiger partial charge is 0.129 e. The molecular formula is C12H14N2O. The van der Waals surface area contributed by atoms with Gasteiger partial charge in [0.25, 0.3) is 0 Å². The maximum absolute atomic E-state index is 9.13. The van der Waals surface area contributed by atoms with Crippen LogP contribution in [0.5, 0.6) is 0 Å². The van der Waals surface area contributed by atoms with Crippen molar-refractivity contribution in [3.05, 3.63) is 29.8 Å². The Labute approximate surface area is 89.9 Å². The van der Waals surface area contributed by atoms with E-state index in [9.17, 15) is 0 Å². The van der Waals surface area contributed by atoms with Gasteiger partial charge < -0.3 is 9.64 Å². The molecule has 1 aliphatic heterocycles. The fourth-order valence-corrected chi connectivity index (χ4v) is 1.68. The molecule has 1 aliphatic rings. The molecule has 0 radical (unpaired) electrons. The topological polar surface area (TPSA) is 36.3 Å². The van der Waals surface area contributed by atoms with E-state index in [-0.39, 0.29) is 0 Å². The molecule has 78 valence electrons. The molecule has 0 spiro atoms. The SMILES string of the molecule is CN(C)c1ccc(C2(C#N)COC2)cc1. The van der Waals surface area contributed by atoms with Crippen molar-refractivity contribution in [1.82, 2.24) is 0 Å². The Morgan fingerprint density at radius 1 is 1.27 bits per heavy atom. The van der Waals surface area contributed by atoms with Gasteiger partial charge in [-0.2, -0.15) is 5.26 Å². The monoisotopic (exact) mass is 202 g/mol. The van der Waals surface area contributed by atoms with Crippen molar-refractivity contribution in [2.75, 3.05) is 32.2 Å². The summed E-state index contributed by atoms with van der Waals surface area (Å²) in [5.41, 5.74) is 1.80. The van der Waals surface area contributed by atoms with Gasteiger partial charge in [0.05, 0.1) is 19.3 Å². The predicted molar refractivity (Wildman–Crippen MR) is 58.9 cm³/mol. The van der Waals surface area contributed by atoms with Gasteiger partial charge in [-0.1, -0.05) is 12.1 Å². The van der Waals surface area contributed by atoms with Crippen molar-refractivity contribution in [3.63, 3.8) is 0 Å². The fourth-order valence-electron chi connectivity index (χ4n) is 1.68. The molecule has 2 rings (SSSR count). The van der Waals surface area contributed by atoms with Crippen LogP contribution in [0.25, 0.3) is 0 Å². The zero-order valence-electron chi connectivity index (χ0n) is 9.03. The molecule has 0 atom stereocenters. The highest BCUT2D eigenvalue weighted by Gasteiger charge is 2.40. The van der Waals surface area contributed by atoms with Crippen molar-refractivity contribution in [1.29, 1.82) is 5.26 Å². The second-order valence-corrected chi connectivity index (χ2v) is 4.13. The van der Waals surface area contributed by atoms with Crippen molar-refractivity contribution in [2.24, 2.45) is 0 Å². The number of benzene rings is 1. The van der Waals surface area contributed by atoms with Crippen molar-refractivity contribution in [3.8, 4) is 6.07 Å². The quantitative estimate of drug-likeness (QED) is 0.730. The average molecular weight is 202 g/mol. The van der Waals surface area contributed by atoms with Crippen LogP contribution in [0.3, 0.4) is 0 Å². The second kappa shape index (κ2) is 3.56. The molecule has 0 N–H and O–H groups in total. The number of rotatable bonds is 2. The van der Waals surface area contributed by atoms with Gasteiger partial charge in [-0.25, -0.2) is 0 Å². The first-order valence-corrected chi connectivity index (χ1v) is 4.95. The molecule has 0 saturated carbocycles. The summed E-state index contributed by atoms with van der Waals surface area (Å²) in [5, 5.41) is 9.13. The minimum absolute atomic E-state index is 0.398. The lowest BCUT2D eigenvalue weighted by Crippen LogP contribution is -2.45. The summed E-state index contributed by atoms with van der Waals surface area (Å²) in [7, 11) is 4.00. The molecule has 0 unspecified atom stereocenters. The minimum Gasteiger partial charge on any atom is -0.378 e. The third-order valence-electron chi connectivity index (χ3n) is 2.85. The van der Waals surface area contributed by atoms with Gasteiger partial charge in [-0.15, -0.1) is 0 Å². The fraction of sp³-hybridized carbons (Fsp3) is 0.417. The second-order valence-electron chi connectivity index (χ2n) is 4.13. The Kier molecular flexibility index (Phi) is 2.37. The average Bonchev–Trinajstić information content (AvgIpc) is 2.18. The highest BCUT2D eigenvalue weighted by molar-refractivity contribution is 5.49. The predicted octanol–water partition coefficient (Wildman–Crippen LogP) is 1.54. The molecule has 1 heterocycles. The molecule has 0 aliphatic carbocycles. The third kappa shape index (κ3) is 1.57. The van der Waals surface area contributed by atoms with E-state index < -0.39 is 5.41 Å². The summed E-state index contributed by atoms with van der Waals surface area (Å²) in [6, 6.07) is 10.4. The molecule has 0 amide bonds. The van der Waals surface area contributed by atoms with Crippen molar-refractivity contribution < 1.29 is 4.74 Å². The van der Waals surface area contributed by atoms with Crippen LogP contribution in [0.15, 0.2) is 24.3 Å². The Balaban J connectivity index is 2.28. The van der Waals surface area contributed by atoms with Gasteiger partial charge in [-0.05, 0) is 17.7 Å². The molecule has 15 heavy (non-hydrogen) atoms. The zero-order valence-corrected chi connectivity index (χ0v) is 9.03. The van der Waals surface area contributed by atoms with Gasteiger partial charge in [0, 0.05) is 19.8 Å². The van der Waals surface area contributed by atoms with E-state index in [0.29, 0.717) is 13.2 Å². The normalized spacial score (nSPS) is 17.7. The summed E-state index contributed by atoms with van der Waals surface area (Å²) >= 11 is 0. The van der Waals surface area contributed by atoms with E-state index >= 15 is 0 Å². The number of hydrogen-bond acceptors (Lipinski definition) is 3. The largest absolute Gasteiger partial charge is 0.378 e. The summed E-state index contributed by atoms with van der Waals surface area (Å²) in [4.78, 5) is 2.04. The van der Waals surface area contributed by atoms with E-state index in [4.69, 9.17) is 10.00 Å². The Hall–Kier alpha value is -1.53. The number of nitriles is 1. The lowest BCUT2D eigenvalue weighted by molar-refractivity contribution is -0.0298. The molecule has 1 aromatic carbocycles. The first-order valence-electron chi connectivity index (χ1n) is 4.95. The maximum atomic E-state index is 9.13. The highest BCUT2D eigenvalue weighted by atomic mass is 16.5. The molecule has 3 heteroatoms. The van der Waals surface area contributed by atoms with Crippen LogP contribution in [0.4, 0.5) is 5.69 Å². The number of hydrogen-bond donors (Lipinski definition) is 0. The van der Waals surface area contributed by atoms with Crippen LogP contribution in [0, 0.1) is 11.3 Å². The molecular weight excluding hydrogens is 188 g/mol. The zero-order chi connectivity index (χ0) is 10.9. The van der Waals surface area contributed by atoms with E-state index in [1.54, 1.807) is 0 Å². The van der Waals surface area contributed by atoms with Crippen LogP contribution < -0.4 is 4.90 Å². The van der Waals surface area contributed by atoms with E-state index in [1.807, 2.05) is 43.3 Å². The van der Waals surface area contributed by atoms with Gasteiger partial charge in [-0.3, -0.25) is 0 Å². The molecule has 3 nitrogen and oxygen atoms in total. The third-order valence-corrected chi connectivity index (χ3v) is 2.85. The van der Waals surface area contributed by atoms with Crippen LogP contribution in [-0.4, -0.2) is 27.3 Å².